The first kappa shape index (κ1) is 20.5. The zero-order valence-electron chi connectivity index (χ0n) is 15.6. The molecule has 28 heavy (non-hydrogen) atoms. The van der Waals surface area contributed by atoms with Crippen molar-refractivity contribution in [2.45, 2.75) is 36.6 Å². The summed E-state index contributed by atoms with van der Waals surface area (Å²) in [5.41, 5.74) is 0.223. The summed E-state index contributed by atoms with van der Waals surface area (Å²) in [6.07, 6.45) is 3.97. The molecule has 0 aliphatic heterocycles. The average molecular weight is 423 g/mol. The summed E-state index contributed by atoms with van der Waals surface area (Å²) >= 11 is 6.11. The van der Waals surface area contributed by atoms with Crippen molar-refractivity contribution >= 4 is 33.2 Å². The largest absolute Gasteiger partial charge is 0.495 e. The fourth-order valence-corrected chi connectivity index (χ4v) is 4.96. The van der Waals surface area contributed by atoms with Crippen LogP contribution in [-0.4, -0.2) is 34.0 Å². The van der Waals surface area contributed by atoms with Gasteiger partial charge in [0.15, 0.2) is 0 Å². The summed E-state index contributed by atoms with van der Waals surface area (Å²) in [5, 5.41) is 3.28. The highest BCUT2D eigenvalue weighted by Crippen LogP contribution is 2.34. The molecule has 0 unspecified atom stereocenters. The molecule has 0 heterocycles. The Kier molecular flexibility index (Phi) is 6.46. The number of ether oxygens (including phenoxy) is 1. The number of nitrogens with one attached hydrogen (secondary N) is 1. The van der Waals surface area contributed by atoms with Gasteiger partial charge in [0.05, 0.1) is 17.7 Å². The first-order valence-corrected chi connectivity index (χ1v) is 10.9. The minimum atomic E-state index is -4.00. The van der Waals surface area contributed by atoms with Crippen molar-refractivity contribution in [3.8, 4) is 5.75 Å². The van der Waals surface area contributed by atoms with Crippen molar-refractivity contribution < 1.29 is 17.9 Å². The highest BCUT2D eigenvalue weighted by molar-refractivity contribution is 7.92. The lowest BCUT2D eigenvalue weighted by Crippen LogP contribution is -2.43. The van der Waals surface area contributed by atoms with Gasteiger partial charge in [-0.2, -0.15) is 0 Å². The third-order valence-electron chi connectivity index (χ3n) is 4.75. The molecule has 0 spiro atoms. The van der Waals surface area contributed by atoms with Crippen LogP contribution < -0.4 is 14.4 Å². The number of sulfonamides is 1. The summed E-state index contributed by atoms with van der Waals surface area (Å²) in [5.74, 6) is -0.0361. The first-order valence-electron chi connectivity index (χ1n) is 9.12. The number of amides is 1. The topological polar surface area (TPSA) is 75.7 Å². The lowest BCUT2D eigenvalue weighted by molar-refractivity contribution is -0.120. The maximum atomic E-state index is 13.3. The van der Waals surface area contributed by atoms with Gasteiger partial charge in [-0.3, -0.25) is 9.10 Å². The zero-order valence-corrected chi connectivity index (χ0v) is 17.2. The molecule has 1 saturated carbocycles. The second-order valence-electron chi connectivity index (χ2n) is 6.69. The van der Waals surface area contributed by atoms with E-state index in [-0.39, 0.29) is 29.1 Å². The molecule has 1 N–H and O–H groups in total. The van der Waals surface area contributed by atoms with Crippen molar-refractivity contribution in [2.75, 3.05) is 18.0 Å². The third kappa shape index (κ3) is 4.59. The lowest BCUT2D eigenvalue weighted by Gasteiger charge is -2.26. The predicted molar refractivity (Wildman–Crippen MR) is 109 cm³/mol. The second-order valence-corrected chi connectivity index (χ2v) is 8.99. The summed E-state index contributed by atoms with van der Waals surface area (Å²) in [6.45, 7) is -0.357. The molecule has 3 rings (SSSR count). The molecule has 0 saturated heterocycles. The Balaban J connectivity index is 1.99. The molecule has 1 aliphatic rings. The van der Waals surface area contributed by atoms with Gasteiger partial charge in [0.2, 0.25) is 5.91 Å². The van der Waals surface area contributed by atoms with Crippen LogP contribution in [0.2, 0.25) is 5.02 Å². The molecule has 0 aromatic heterocycles. The van der Waals surface area contributed by atoms with E-state index in [1.807, 2.05) is 0 Å². The number of carbonyl (C=O) groups excluding carboxylic acids is 1. The standard InChI is InChI=1S/C20H23ClN2O4S/c1-27-19-12-11-15(21)13-18(19)23(14-20(24)22-16-7-5-6-8-16)28(25,26)17-9-3-2-4-10-17/h2-4,9-13,16H,5-8,14H2,1H3,(H,22,24). The van der Waals surface area contributed by atoms with Gasteiger partial charge in [0, 0.05) is 11.1 Å². The van der Waals surface area contributed by atoms with E-state index in [9.17, 15) is 13.2 Å². The molecule has 8 heteroatoms. The van der Waals surface area contributed by atoms with Gasteiger partial charge < -0.3 is 10.1 Å². The summed E-state index contributed by atoms with van der Waals surface area (Å²) < 4.78 is 33.0. The van der Waals surface area contributed by atoms with E-state index in [1.54, 1.807) is 30.3 Å². The molecule has 2 aromatic rings. The van der Waals surface area contributed by atoms with Crippen LogP contribution in [0.1, 0.15) is 25.7 Å². The van der Waals surface area contributed by atoms with Crippen LogP contribution in [0, 0.1) is 0 Å². The quantitative estimate of drug-likeness (QED) is 0.739. The minimum absolute atomic E-state index is 0.0886. The van der Waals surface area contributed by atoms with Gasteiger partial charge in [0.25, 0.3) is 10.0 Å². The van der Waals surface area contributed by atoms with E-state index in [1.165, 1.54) is 25.3 Å². The van der Waals surface area contributed by atoms with E-state index >= 15 is 0 Å². The van der Waals surface area contributed by atoms with Crippen LogP contribution in [-0.2, 0) is 14.8 Å². The van der Waals surface area contributed by atoms with Crippen LogP contribution >= 0.6 is 11.6 Å². The summed E-state index contributed by atoms with van der Waals surface area (Å²) in [6, 6.07) is 12.8. The SMILES string of the molecule is COc1ccc(Cl)cc1N(CC(=O)NC1CCCC1)S(=O)(=O)c1ccccc1. The number of hydrogen-bond acceptors (Lipinski definition) is 4. The molecular weight excluding hydrogens is 400 g/mol. The van der Waals surface area contributed by atoms with Crippen molar-refractivity contribution in [1.82, 2.24) is 5.32 Å². The Morgan fingerprint density at radius 1 is 1.18 bits per heavy atom. The Morgan fingerprint density at radius 3 is 2.50 bits per heavy atom. The number of carbonyl (C=O) groups is 1. The second kappa shape index (κ2) is 8.84. The average Bonchev–Trinajstić information content (AvgIpc) is 3.19. The smallest absolute Gasteiger partial charge is 0.264 e. The number of benzene rings is 2. The van der Waals surface area contributed by atoms with Gasteiger partial charge in [0.1, 0.15) is 12.3 Å². The highest BCUT2D eigenvalue weighted by Gasteiger charge is 2.30. The Labute approximate surface area is 170 Å². The third-order valence-corrected chi connectivity index (χ3v) is 6.76. The fourth-order valence-electron chi connectivity index (χ4n) is 3.35. The zero-order chi connectivity index (χ0) is 20.1. The van der Waals surface area contributed by atoms with Crippen LogP contribution in [0.5, 0.6) is 5.75 Å². The van der Waals surface area contributed by atoms with Crippen LogP contribution in [0.25, 0.3) is 0 Å². The minimum Gasteiger partial charge on any atom is -0.495 e. The van der Waals surface area contributed by atoms with Crippen LogP contribution in [0.3, 0.4) is 0 Å². The number of nitrogens with zero attached hydrogens (tertiary/aromatic N) is 1. The van der Waals surface area contributed by atoms with Gasteiger partial charge in [-0.15, -0.1) is 0 Å². The molecule has 0 bridgehead atoms. The molecule has 150 valence electrons. The number of rotatable bonds is 7. The molecule has 1 fully saturated rings. The summed E-state index contributed by atoms with van der Waals surface area (Å²) in [7, 11) is -2.56. The Hall–Kier alpha value is -2.25. The highest BCUT2D eigenvalue weighted by atomic mass is 35.5. The molecule has 1 amide bonds. The Bertz CT molecular complexity index is 928. The number of anilines is 1. The van der Waals surface area contributed by atoms with Crippen LogP contribution in [0.15, 0.2) is 53.4 Å². The number of halogens is 1. The Morgan fingerprint density at radius 2 is 1.86 bits per heavy atom. The number of methoxy groups -OCH3 is 1. The van der Waals surface area contributed by atoms with Crippen molar-refractivity contribution in [1.29, 1.82) is 0 Å². The predicted octanol–water partition coefficient (Wildman–Crippen LogP) is 3.60. The first-order chi connectivity index (χ1) is 13.4. The normalized spacial score (nSPS) is 14.6. The monoisotopic (exact) mass is 422 g/mol. The fraction of sp³-hybridized carbons (Fsp3) is 0.350. The molecule has 6 nitrogen and oxygen atoms in total. The van der Waals surface area contributed by atoms with E-state index in [2.05, 4.69) is 5.32 Å². The van der Waals surface area contributed by atoms with Gasteiger partial charge >= 0.3 is 0 Å². The molecule has 0 atom stereocenters. The maximum Gasteiger partial charge on any atom is 0.264 e. The molecule has 0 radical (unpaired) electrons. The van der Waals surface area contributed by atoms with Gasteiger partial charge in [-0.25, -0.2) is 8.42 Å². The summed E-state index contributed by atoms with van der Waals surface area (Å²) in [4.78, 5) is 12.7. The van der Waals surface area contributed by atoms with Crippen molar-refractivity contribution in [2.24, 2.45) is 0 Å². The molecular formula is C20H23ClN2O4S. The van der Waals surface area contributed by atoms with E-state index in [4.69, 9.17) is 16.3 Å². The van der Waals surface area contributed by atoms with E-state index in [0.717, 1.165) is 30.0 Å². The van der Waals surface area contributed by atoms with Gasteiger partial charge in [-0.1, -0.05) is 42.6 Å². The van der Waals surface area contributed by atoms with E-state index in [0.29, 0.717) is 10.8 Å². The molecule has 2 aromatic carbocycles. The maximum absolute atomic E-state index is 13.3. The van der Waals surface area contributed by atoms with Crippen molar-refractivity contribution in [3.05, 3.63) is 53.6 Å². The lowest BCUT2D eigenvalue weighted by atomic mass is 10.2. The van der Waals surface area contributed by atoms with Gasteiger partial charge in [-0.05, 0) is 43.2 Å². The van der Waals surface area contributed by atoms with Crippen molar-refractivity contribution in [3.63, 3.8) is 0 Å². The molecule has 1 aliphatic carbocycles. The van der Waals surface area contributed by atoms with E-state index < -0.39 is 10.0 Å². The van der Waals surface area contributed by atoms with Crippen LogP contribution in [0.4, 0.5) is 5.69 Å². The number of hydrogen-bond donors (Lipinski definition) is 1.